The van der Waals surface area contributed by atoms with E-state index in [-0.39, 0.29) is 4.90 Å². The molecule has 0 aliphatic rings. The van der Waals surface area contributed by atoms with Crippen molar-refractivity contribution in [3.8, 4) is 0 Å². The number of alkyl halides is 1. The summed E-state index contributed by atoms with van der Waals surface area (Å²) in [7, 11) is -2.24. The summed E-state index contributed by atoms with van der Waals surface area (Å²) in [6, 6.07) is 6.28. The van der Waals surface area contributed by atoms with Crippen molar-refractivity contribution in [2.24, 2.45) is 0 Å². The van der Waals surface area contributed by atoms with Gasteiger partial charge in [-0.2, -0.15) is 8.42 Å². The van der Waals surface area contributed by atoms with E-state index in [0.29, 0.717) is 19.4 Å². The Morgan fingerprint density at radius 3 is 2.43 bits per heavy atom. The highest BCUT2D eigenvalue weighted by Gasteiger charge is 2.17. The first-order valence-corrected chi connectivity index (χ1v) is 8.45. The van der Waals surface area contributed by atoms with Gasteiger partial charge in [0.25, 0.3) is 10.1 Å². The number of halogens is 1. The van der Waals surface area contributed by atoms with Crippen LogP contribution >= 0.6 is 0 Å². The Balaban J connectivity index is 2.34. The lowest BCUT2D eigenvalue weighted by Gasteiger charge is -2.09. The van der Waals surface area contributed by atoms with Gasteiger partial charge >= 0.3 is 0 Å². The third kappa shape index (κ3) is 7.02. The second kappa shape index (κ2) is 9.12. The van der Waals surface area contributed by atoms with E-state index in [1.54, 1.807) is 19.2 Å². The topological polar surface area (TPSA) is 52.6 Å². The van der Waals surface area contributed by atoms with Crippen LogP contribution in [0.2, 0.25) is 0 Å². The molecule has 0 N–H and O–H groups in total. The molecule has 0 heterocycles. The van der Waals surface area contributed by atoms with E-state index in [2.05, 4.69) is 0 Å². The number of hydrogen-bond acceptors (Lipinski definition) is 4. The molecule has 0 radical (unpaired) electrons. The first-order chi connectivity index (χ1) is 9.95. The van der Waals surface area contributed by atoms with Gasteiger partial charge in [0.15, 0.2) is 0 Å². The molecule has 1 aromatic rings. The zero-order valence-electron chi connectivity index (χ0n) is 12.5. The predicted molar refractivity (Wildman–Crippen MR) is 79.6 cm³/mol. The molecule has 6 heteroatoms. The molecule has 0 aliphatic carbocycles. The van der Waals surface area contributed by atoms with Crippen LogP contribution in [-0.2, 0) is 19.0 Å². The number of benzene rings is 1. The molecular formula is C15H23FO4S. The van der Waals surface area contributed by atoms with Crippen molar-refractivity contribution >= 4 is 10.1 Å². The van der Waals surface area contributed by atoms with Crippen molar-refractivity contribution in [2.75, 3.05) is 20.3 Å². The molecule has 1 unspecified atom stereocenters. The zero-order valence-corrected chi connectivity index (χ0v) is 13.4. The standard InChI is InChI=1S/C15H23FO4S/c1-13-7-9-15(10-8-13)21(17,18)20-12-14(16)6-4-3-5-11-19-2/h7-10,14H,3-6,11-12H2,1-2H3. The molecular weight excluding hydrogens is 295 g/mol. The quantitative estimate of drug-likeness (QED) is 0.491. The van der Waals surface area contributed by atoms with Gasteiger partial charge in [-0.1, -0.05) is 30.5 Å². The Morgan fingerprint density at radius 2 is 1.81 bits per heavy atom. The fourth-order valence-corrected chi connectivity index (χ4v) is 2.74. The number of hydrogen-bond donors (Lipinski definition) is 0. The van der Waals surface area contributed by atoms with E-state index in [1.165, 1.54) is 12.1 Å². The Morgan fingerprint density at radius 1 is 1.14 bits per heavy atom. The molecule has 0 amide bonds. The molecule has 1 aromatic carbocycles. The maximum Gasteiger partial charge on any atom is 0.297 e. The third-order valence-corrected chi connectivity index (χ3v) is 4.38. The van der Waals surface area contributed by atoms with Crippen LogP contribution < -0.4 is 0 Å². The van der Waals surface area contributed by atoms with Crippen LogP contribution in [0.15, 0.2) is 29.2 Å². The van der Waals surface area contributed by atoms with Crippen LogP contribution in [0.1, 0.15) is 31.2 Å². The van der Waals surface area contributed by atoms with E-state index < -0.39 is 22.9 Å². The van der Waals surface area contributed by atoms with Gasteiger partial charge in [0.1, 0.15) is 6.17 Å². The summed E-state index contributed by atoms with van der Waals surface area (Å²) in [5, 5.41) is 0. The number of unbranched alkanes of at least 4 members (excludes halogenated alkanes) is 2. The summed E-state index contributed by atoms with van der Waals surface area (Å²) in [5.74, 6) is 0. The van der Waals surface area contributed by atoms with E-state index >= 15 is 0 Å². The molecule has 0 aromatic heterocycles. The van der Waals surface area contributed by atoms with E-state index in [0.717, 1.165) is 18.4 Å². The Labute approximate surface area is 126 Å². The van der Waals surface area contributed by atoms with Crippen LogP contribution in [0.4, 0.5) is 4.39 Å². The van der Waals surface area contributed by atoms with Gasteiger partial charge in [-0.15, -0.1) is 0 Å². The fourth-order valence-electron chi connectivity index (χ4n) is 1.81. The average molecular weight is 318 g/mol. The molecule has 21 heavy (non-hydrogen) atoms. The largest absolute Gasteiger partial charge is 0.385 e. The summed E-state index contributed by atoms with van der Waals surface area (Å²) in [4.78, 5) is 0.0559. The van der Waals surface area contributed by atoms with Gasteiger partial charge in [0, 0.05) is 13.7 Å². The second-order valence-corrected chi connectivity index (χ2v) is 6.61. The van der Waals surface area contributed by atoms with Crippen molar-refractivity contribution in [2.45, 2.75) is 43.7 Å². The smallest absolute Gasteiger partial charge is 0.297 e. The van der Waals surface area contributed by atoms with Gasteiger partial charge in [0.05, 0.1) is 11.5 Å². The highest BCUT2D eigenvalue weighted by Crippen LogP contribution is 2.15. The Kier molecular flexibility index (Phi) is 7.85. The van der Waals surface area contributed by atoms with Gasteiger partial charge in [-0.3, -0.25) is 4.18 Å². The maximum absolute atomic E-state index is 13.6. The molecule has 0 bridgehead atoms. The maximum atomic E-state index is 13.6. The highest BCUT2D eigenvalue weighted by molar-refractivity contribution is 7.86. The van der Waals surface area contributed by atoms with Crippen molar-refractivity contribution < 1.29 is 21.7 Å². The monoisotopic (exact) mass is 318 g/mol. The first kappa shape index (κ1) is 18.1. The highest BCUT2D eigenvalue weighted by atomic mass is 32.2. The third-order valence-electron chi connectivity index (χ3n) is 3.08. The van der Waals surface area contributed by atoms with Crippen LogP contribution in [0.25, 0.3) is 0 Å². The van der Waals surface area contributed by atoms with Gasteiger partial charge < -0.3 is 4.74 Å². The number of methoxy groups -OCH3 is 1. The first-order valence-electron chi connectivity index (χ1n) is 7.05. The van der Waals surface area contributed by atoms with Crippen LogP contribution in [-0.4, -0.2) is 34.9 Å². The average Bonchev–Trinajstić information content (AvgIpc) is 2.45. The van der Waals surface area contributed by atoms with E-state index in [1.807, 2.05) is 6.92 Å². The summed E-state index contributed by atoms with van der Waals surface area (Å²) in [5.41, 5.74) is 0.952. The summed E-state index contributed by atoms with van der Waals surface area (Å²) in [6.07, 6.45) is 1.46. The minimum atomic E-state index is -3.87. The van der Waals surface area contributed by atoms with Crippen LogP contribution in [0.5, 0.6) is 0 Å². The number of rotatable bonds is 10. The number of ether oxygens (including phenoxy) is 1. The molecule has 0 fully saturated rings. The normalized spacial score (nSPS) is 13.3. The van der Waals surface area contributed by atoms with Crippen molar-refractivity contribution in [3.05, 3.63) is 29.8 Å². The van der Waals surface area contributed by atoms with Crippen molar-refractivity contribution in [1.29, 1.82) is 0 Å². The van der Waals surface area contributed by atoms with Crippen molar-refractivity contribution in [3.63, 3.8) is 0 Å². The van der Waals surface area contributed by atoms with E-state index in [4.69, 9.17) is 8.92 Å². The lowest BCUT2D eigenvalue weighted by molar-refractivity contribution is 0.178. The summed E-state index contributed by atoms with van der Waals surface area (Å²) in [6.45, 7) is 2.09. The fraction of sp³-hybridized carbons (Fsp3) is 0.600. The zero-order chi connectivity index (χ0) is 15.7. The van der Waals surface area contributed by atoms with Gasteiger partial charge in [0.2, 0.25) is 0 Å². The minimum Gasteiger partial charge on any atom is -0.385 e. The minimum absolute atomic E-state index is 0.0559. The SMILES string of the molecule is COCCCCCC(F)COS(=O)(=O)c1ccc(C)cc1. The molecule has 120 valence electrons. The lowest BCUT2D eigenvalue weighted by atomic mass is 10.1. The Hall–Kier alpha value is -0.980. The van der Waals surface area contributed by atoms with Crippen LogP contribution in [0.3, 0.4) is 0 Å². The van der Waals surface area contributed by atoms with Gasteiger partial charge in [-0.05, 0) is 31.9 Å². The lowest BCUT2D eigenvalue weighted by Crippen LogP contribution is -2.15. The molecule has 1 rings (SSSR count). The molecule has 1 atom stereocenters. The van der Waals surface area contributed by atoms with Crippen LogP contribution in [0, 0.1) is 6.92 Å². The van der Waals surface area contributed by atoms with E-state index in [9.17, 15) is 12.8 Å². The van der Waals surface area contributed by atoms with Gasteiger partial charge in [-0.25, -0.2) is 4.39 Å². The molecule has 0 saturated heterocycles. The summed E-state index contributed by atoms with van der Waals surface area (Å²) < 4.78 is 47.0. The summed E-state index contributed by atoms with van der Waals surface area (Å²) >= 11 is 0. The second-order valence-electron chi connectivity index (χ2n) is 4.99. The number of aryl methyl sites for hydroxylation is 1. The molecule has 0 spiro atoms. The molecule has 0 aliphatic heterocycles. The Bertz CT molecular complexity index is 499. The molecule has 4 nitrogen and oxygen atoms in total. The predicted octanol–water partition coefficient (Wildman–Crippen LogP) is 3.25. The van der Waals surface area contributed by atoms with Crippen molar-refractivity contribution in [1.82, 2.24) is 0 Å². The molecule has 0 saturated carbocycles.